The number of carbonyl (C=O) groups is 3. The molecule has 2 aliphatic rings. The highest BCUT2D eigenvalue weighted by Crippen LogP contribution is 2.36. The fourth-order valence-electron chi connectivity index (χ4n) is 7.94. The quantitative estimate of drug-likeness (QED) is 0.165. The zero-order valence-corrected chi connectivity index (χ0v) is 31.3. The Hall–Kier alpha value is -6.91. The minimum atomic E-state index is -0.468. The van der Waals surface area contributed by atoms with Gasteiger partial charge in [-0.3, -0.25) is 43.8 Å². The Labute approximate surface area is 326 Å². The Morgan fingerprint density at radius 3 is 2.60 bits per heavy atom. The fraction of sp³-hybridized carbons (Fsp3) is 0.250. The van der Waals surface area contributed by atoms with Crippen LogP contribution in [0.2, 0.25) is 0 Å². The van der Waals surface area contributed by atoms with Crippen LogP contribution in [0.5, 0.6) is 0 Å². The van der Waals surface area contributed by atoms with Gasteiger partial charge in [0.2, 0.25) is 11.8 Å². The van der Waals surface area contributed by atoms with Gasteiger partial charge in [-0.25, -0.2) is 4.79 Å². The third kappa shape index (κ3) is 6.63. The van der Waals surface area contributed by atoms with Gasteiger partial charge in [0.15, 0.2) is 0 Å². The lowest BCUT2D eigenvalue weighted by molar-refractivity contribution is -0.134. The summed E-state index contributed by atoms with van der Waals surface area (Å²) in [5.41, 5.74) is 7.99. The number of ether oxygens (including phenoxy) is 1. The number of hydrogen-bond acceptors (Lipinski definition) is 9. The number of rotatable bonds is 6. The van der Waals surface area contributed by atoms with Gasteiger partial charge in [-0.05, 0) is 67.1 Å². The van der Waals surface area contributed by atoms with Crippen LogP contribution in [0.25, 0.3) is 55.3 Å². The number of amides is 3. The lowest BCUT2D eigenvalue weighted by atomic mass is 9.90. The van der Waals surface area contributed by atoms with Gasteiger partial charge in [-0.15, -0.1) is 0 Å². The monoisotopic (exact) mass is 759 g/mol. The van der Waals surface area contributed by atoms with E-state index in [1.165, 1.54) is 0 Å². The second-order valence-corrected chi connectivity index (χ2v) is 14.5. The van der Waals surface area contributed by atoms with Crippen LogP contribution >= 0.6 is 0 Å². The minimum absolute atomic E-state index is 0.0864. The maximum atomic E-state index is 13.0. The average Bonchev–Trinajstić information content (AvgIpc) is 3.75. The summed E-state index contributed by atoms with van der Waals surface area (Å²) >= 11 is 0. The first-order valence-corrected chi connectivity index (χ1v) is 18.8. The number of pyridine rings is 3. The molecule has 1 unspecified atom stereocenters. The molecule has 5 aromatic heterocycles. The lowest BCUT2D eigenvalue weighted by Crippen LogP contribution is -2.39. The first kappa shape index (κ1) is 35.8. The van der Waals surface area contributed by atoms with Gasteiger partial charge in [0, 0.05) is 85.1 Å². The van der Waals surface area contributed by atoms with Gasteiger partial charge in [0.1, 0.15) is 11.3 Å². The molecule has 2 fully saturated rings. The number of imidazole rings is 1. The molecule has 2 saturated heterocycles. The van der Waals surface area contributed by atoms with Crippen molar-refractivity contribution >= 4 is 50.5 Å². The number of carbonyl (C=O) groups excluding carboxylic acids is 3. The van der Waals surface area contributed by atoms with E-state index in [0.717, 1.165) is 68.1 Å². The topological polar surface area (TPSA) is 163 Å². The standard InChI is InChI=1S/C44H37N7O6/c1-50-37-21-36(48-40(26-14-17-56-18-15-26)41(37)51(2)44(50)55)29-7-3-6-27-20-35(47-23-32(27)29)28-9-11-34(46-22-28)43(54)45-16-4-5-25-8-12-38-31(19-25)33(24-57-38)30-10-13-39(52)49-42(30)53/h3,6-9,11-12,19-24,26,30H,10,13-18H2,1-2H3,(H,45,54)(H,49,52,53). The third-order valence-corrected chi connectivity index (χ3v) is 11.0. The first-order chi connectivity index (χ1) is 27.7. The summed E-state index contributed by atoms with van der Waals surface area (Å²) in [7, 11) is 3.60. The molecule has 7 aromatic rings. The van der Waals surface area contributed by atoms with Crippen LogP contribution < -0.4 is 16.3 Å². The maximum Gasteiger partial charge on any atom is 0.328 e. The van der Waals surface area contributed by atoms with Crippen molar-refractivity contribution in [2.45, 2.75) is 37.5 Å². The Morgan fingerprint density at radius 2 is 1.79 bits per heavy atom. The smallest absolute Gasteiger partial charge is 0.328 e. The van der Waals surface area contributed by atoms with Crippen molar-refractivity contribution in [2.24, 2.45) is 14.1 Å². The van der Waals surface area contributed by atoms with Crippen molar-refractivity contribution in [2.75, 3.05) is 19.8 Å². The van der Waals surface area contributed by atoms with Crippen molar-refractivity contribution in [1.82, 2.24) is 34.7 Å². The van der Waals surface area contributed by atoms with Crippen LogP contribution in [-0.2, 0) is 28.4 Å². The number of benzene rings is 2. The molecule has 2 N–H and O–H groups in total. The van der Waals surface area contributed by atoms with E-state index in [4.69, 9.17) is 19.1 Å². The van der Waals surface area contributed by atoms with Crippen molar-refractivity contribution in [1.29, 1.82) is 0 Å². The number of nitrogens with zero attached hydrogens (tertiary/aromatic N) is 5. The summed E-state index contributed by atoms with van der Waals surface area (Å²) in [6, 6.07) is 19.0. The molecular weight excluding hydrogens is 723 g/mol. The number of fused-ring (bicyclic) bond motifs is 3. The largest absolute Gasteiger partial charge is 0.464 e. The Morgan fingerprint density at radius 1 is 0.930 bits per heavy atom. The van der Waals surface area contributed by atoms with E-state index in [-0.39, 0.29) is 48.0 Å². The fourth-order valence-corrected chi connectivity index (χ4v) is 7.94. The summed E-state index contributed by atoms with van der Waals surface area (Å²) < 4.78 is 14.7. The zero-order chi connectivity index (χ0) is 39.2. The van der Waals surface area contributed by atoms with E-state index in [1.807, 2.05) is 54.7 Å². The summed E-state index contributed by atoms with van der Waals surface area (Å²) in [5.74, 6) is 4.79. The van der Waals surface area contributed by atoms with Crippen LogP contribution in [0.4, 0.5) is 0 Å². The third-order valence-electron chi connectivity index (χ3n) is 11.0. The van der Waals surface area contributed by atoms with E-state index in [2.05, 4.69) is 27.5 Å². The zero-order valence-electron chi connectivity index (χ0n) is 31.3. The molecule has 13 nitrogen and oxygen atoms in total. The molecule has 0 aliphatic carbocycles. The first-order valence-electron chi connectivity index (χ1n) is 18.8. The predicted molar refractivity (Wildman–Crippen MR) is 213 cm³/mol. The normalized spacial score (nSPS) is 16.1. The number of piperidine rings is 1. The highest BCUT2D eigenvalue weighted by molar-refractivity contribution is 6.03. The van der Waals surface area contributed by atoms with Gasteiger partial charge >= 0.3 is 5.69 Å². The lowest BCUT2D eigenvalue weighted by Gasteiger charge is -2.23. The van der Waals surface area contributed by atoms with Crippen molar-refractivity contribution in [3.63, 3.8) is 0 Å². The molecule has 2 aliphatic heterocycles. The van der Waals surface area contributed by atoms with Gasteiger partial charge in [-0.2, -0.15) is 0 Å². The van der Waals surface area contributed by atoms with E-state index < -0.39 is 5.92 Å². The second kappa shape index (κ2) is 14.6. The molecule has 0 spiro atoms. The molecule has 3 amide bonds. The summed E-state index contributed by atoms with van der Waals surface area (Å²) in [6.45, 7) is 1.43. The van der Waals surface area contributed by atoms with Crippen molar-refractivity contribution in [3.05, 3.63) is 112 Å². The number of nitrogens with one attached hydrogen (secondary N) is 2. The van der Waals surface area contributed by atoms with E-state index >= 15 is 0 Å². The molecular formula is C44H37N7O6. The Bertz CT molecular complexity index is 2890. The molecule has 0 saturated carbocycles. The molecule has 2 aromatic carbocycles. The molecule has 0 bridgehead atoms. The highest BCUT2D eigenvalue weighted by Gasteiger charge is 2.30. The van der Waals surface area contributed by atoms with Crippen LogP contribution in [0.15, 0.2) is 88.5 Å². The van der Waals surface area contributed by atoms with Crippen molar-refractivity contribution < 1.29 is 23.5 Å². The Kier molecular flexibility index (Phi) is 9.18. The summed E-state index contributed by atoms with van der Waals surface area (Å²) in [6.07, 6.45) is 7.42. The number of hydrogen-bond donors (Lipinski definition) is 2. The predicted octanol–water partition coefficient (Wildman–Crippen LogP) is 5.49. The summed E-state index contributed by atoms with van der Waals surface area (Å²) in [4.78, 5) is 64.4. The van der Waals surface area contributed by atoms with Crippen LogP contribution in [-0.4, -0.2) is 61.6 Å². The minimum Gasteiger partial charge on any atom is -0.464 e. The van der Waals surface area contributed by atoms with Crippen LogP contribution in [0.1, 0.15) is 64.8 Å². The molecule has 0 radical (unpaired) electrons. The highest BCUT2D eigenvalue weighted by atomic mass is 16.5. The maximum absolute atomic E-state index is 13.0. The molecule has 1 atom stereocenters. The Balaban J connectivity index is 0.907. The molecule has 57 heavy (non-hydrogen) atoms. The summed E-state index contributed by atoms with van der Waals surface area (Å²) in [5, 5.41) is 7.85. The number of furan rings is 1. The van der Waals surface area contributed by atoms with E-state index in [0.29, 0.717) is 36.5 Å². The molecule has 9 rings (SSSR count). The second-order valence-electron chi connectivity index (χ2n) is 14.5. The number of aryl methyl sites for hydroxylation is 2. The molecule has 13 heteroatoms. The number of imide groups is 1. The molecule has 7 heterocycles. The van der Waals surface area contributed by atoms with Gasteiger partial charge < -0.3 is 14.5 Å². The molecule has 284 valence electrons. The van der Waals surface area contributed by atoms with Gasteiger partial charge in [0.25, 0.3) is 5.91 Å². The van der Waals surface area contributed by atoms with Crippen LogP contribution in [0.3, 0.4) is 0 Å². The van der Waals surface area contributed by atoms with E-state index in [9.17, 15) is 19.2 Å². The van der Waals surface area contributed by atoms with Gasteiger partial charge in [-0.1, -0.05) is 30.0 Å². The average molecular weight is 760 g/mol. The van der Waals surface area contributed by atoms with E-state index in [1.54, 1.807) is 47.8 Å². The number of aromatic nitrogens is 5. The SMILES string of the molecule is Cn1c(=O)n(C)c2c(C3CCOCC3)nc(-c3cccc4cc(-c5ccc(C(=O)NCC#Cc6ccc7occ(C8CCC(=O)NC8=O)c7c6)nc5)ncc34)cc21. The van der Waals surface area contributed by atoms with Crippen LogP contribution in [0, 0.1) is 11.8 Å². The van der Waals surface area contributed by atoms with Gasteiger partial charge in [0.05, 0.1) is 46.8 Å². The van der Waals surface area contributed by atoms with Crippen molar-refractivity contribution in [3.8, 4) is 34.4 Å².